The monoisotopic (exact) mass is 471 g/mol. The van der Waals surface area contributed by atoms with Crippen molar-refractivity contribution >= 4 is 17.6 Å². The number of benzene rings is 3. The molecular formula is C27H25N3O5. The molecule has 3 aromatic carbocycles. The van der Waals surface area contributed by atoms with Crippen LogP contribution in [0.15, 0.2) is 83.3 Å². The Hall–Kier alpha value is -4.46. The van der Waals surface area contributed by atoms with Crippen molar-refractivity contribution in [3.05, 3.63) is 84.4 Å². The van der Waals surface area contributed by atoms with Crippen LogP contribution in [0.3, 0.4) is 0 Å². The number of aromatic nitrogens is 2. The van der Waals surface area contributed by atoms with Gasteiger partial charge in [0.25, 0.3) is 11.8 Å². The maximum atomic E-state index is 12.9. The van der Waals surface area contributed by atoms with Gasteiger partial charge in [-0.15, -0.1) is 10.2 Å². The lowest BCUT2D eigenvalue weighted by Gasteiger charge is -2.18. The second-order valence-electron chi connectivity index (χ2n) is 7.58. The Balaban J connectivity index is 1.48. The molecule has 0 spiro atoms. The first-order valence-electron chi connectivity index (χ1n) is 11.3. The molecule has 0 fully saturated rings. The van der Waals surface area contributed by atoms with Gasteiger partial charge in [-0.1, -0.05) is 37.3 Å². The molecule has 0 aliphatic carbocycles. The zero-order chi connectivity index (χ0) is 24.6. The second-order valence-corrected chi connectivity index (χ2v) is 7.58. The molecule has 0 aliphatic rings. The molecule has 0 unspecified atom stereocenters. The van der Waals surface area contributed by atoms with Gasteiger partial charge in [0.15, 0.2) is 6.10 Å². The highest BCUT2D eigenvalue weighted by molar-refractivity contribution is 5.95. The van der Waals surface area contributed by atoms with E-state index in [1.807, 2.05) is 49.4 Å². The van der Waals surface area contributed by atoms with E-state index in [2.05, 4.69) is 15.5 Å². The number of carbonyl (C=O) groups is 2. The maximum Gasteiger partial charge on any atom is 0.338 e. The van der Waals surface area contributed by atoms with Crippen molar-refractivity contribution in [1.29, 1.82) is 0 Å². The molecular weight excluding hydrogens is 446 g/mol. The molecule has 0 aliphatic heterocycles. The van der Waals surface area contributed by atoms with Crippen molar-refractivity contribution in [2.45, 2.75) is 26.4 Å². The summed E-state index contributed by atoms with van der Waals surface area (Å²) in [5.41, 5.74) is 2.36. The summed E-state index contributed by atoms with van der Waals surface area (Å²) in [5, 5.41) is 11.1. The van der Waals surface area contributed by atoms with Crippen LogP contribution in [-0.2, 0) is 9.53 Å². The quantitative estimate of drug-likeness (QED) is 0.327. The lowest BCUT2D eigenvalue weighted by atomic mass is 10.1. The number of anilines is 1. The van der Waals surface area contributed by atoms with Crippen LogP contribution in [0.4, 0.5) is 5.69 Å². The second kappa shape index (κ2) is 11.1. The fourth-order valence-electron chi connectivity index (χ4n) is 3.38. The van der Waals surface area contributed by atoms with E-state index in [9.17, 15) is 9.59 Å². The number of nitrogens with zero attached hydrogens (tertiary/aromatic N) is 2. The minimum absolute atomic E-state index is 0.296. The summed E-state index contributed by atoms with van der Waals surface area (Å²) in [4.78, 5) is 24.7. The average molecular weight is 472 g/mol. The van der Waals surface area contributed by atoms with Crippen LogP contribution in [0.5, 0.6) is 5.75 Å². The predicted octanol–water partition coefficient (Wildman–Crippen LogP) is 5.38. The Labute approximate surface area is 202 Å². The summed E-state index contributed by atoms with van der Waals surface area (Å²) in [6.07, 6.45) is -0.336. The van der Waals surface area contributed by atoms with Gasteiger partial charge in [-0.3, -0.25) is 4.79 Å². The number of para-hydroxylation sites is 1. The predicted molar refractivity (Wildman–Crippen MR) is 131 cm³/mol. The Morgan fingerprint density at radius 3 is 2.29 bits per heavy atom. The zero-order valence-corrected chi connectivity index (χ0v) is 19.4. The SMILES string of the molecule is CCOC(=O)c1ccc(NC(=O)[C@@H](CC)Oc2ccccc2-c2nnc(-c3ccccc3)o2)cc1. The fraction of sp³-hybridized carbons (Fsp3) is 0.185. The molecule has 0 saturated heterocycles. The van der Waals surface area contributed by atoms with Gasteiger partial charge in [-0.05, 0) is 61.9 Å². The van der Waals surface area contributed by atoms with Gasteiger partial charge in [0, 0.05) is 11.3 Å². The molecule has 178 valence electrons. The van der Waals surface area contributed by atoms with E-state index < -0.39 is 12.1 Å². The number of ether oxygens (including phenoxy) is 2. The molecule has 0 bridgehead atoms. The summed E-state index contributed by atoms with van der Waals surface area (Å²) < 4.78 is 16.9. The number of amides is 1. The van der Waals surface area contributed by atoms with Crippen molar-refractivity contribution in [2.24, 2.45) is 0 Å². The molecule has 0 radical (unpaired) electrons. The molecule has 4 rings (SSSR count). The zero-order valence-electron chi connectivity index (χ0n) is 19.4. The lowest BCUT2D eigenvalue weighted by molar-refractivity contribution is -0.122. The van der Waals surface area contributed by atoms with Crippen molar-refractivity contribution in [3.63, 3.8) is 0 Å². The summed E-state index contributed by atoms with van der Waals surface area (Å²) in [7, 11) is 0. The molecule has 1 amide bonds. The van der Waals surface area contributed by atoms with Crippen LogP contribution < -0.4 is 10.1 Å². The highest BCUT2D eigenvalue weighted by Gasteiger charge is 2.22. The molecule has 35 heavy (non-hydrogen) atoms. The van der Waals surface area contributed by atoms with Gasteiger partial charge < -0.3 is 19.2 Å². The average Bonchev–Trinajstić information content (AvgIpc) is 3.39. The number of rotatable bonds is 9. The van der Waals surface area contributed by atoms with Crippen LogP contribution >= 0.6 is 0 Å². The Kier molecular flexibility index (Phi) is 7.52. The van der Waals surface area contributed by atoms with E-state index in [1.165, 1.54) is 0 Å². The normalized spacial score (nSPS) is 11.5. The van der Waals surface area contributed by atoms with Crippen LogP contribution in [0.1, 0.15) is 30.6 Å². The van der Waals surface area contributed by atoms with Gasteiger partial charge in [-0.2, -0.15) is 0 Å². The molecule has 0 saturated carbocycles. The molecule has 1 atom stereocenters. The summed E-state index contributed by atoms with van der Waals surface area (Å²) in [6, 6.07) is 23.2. The van der Waals surface area contributed by atoms with E-state index in [1.54, 1.807) is 43.3 Å². The number of nitrogens with one attached hydrogen (secondary N) is 1. The van der Waals surface area contributed by atoms with Gasteiger partial charge in [0.05, 0.1) is 17.7 Å². The minimum Gasteiger partial charge on any atom is -0.480 e. The van der Waals surface area contributed by atoms with Gasteiger partial charge in [-0.25, -0.2) is 4.79 Å². The highest BCUT2D eigenvalue weighted by Crippen LogP contribution is 2.32. The van der Waals surface area contributed by atoms with Crippen LogP contribution in [-0.4, -0.2) is 34.8 Å². The third-order valence-electron chi connectivity index (χ3n) is 5.16. The molecule has 1 aromatic heterocycles. The van der Waals surface area contributed by atoms with Crippen LogP contribution in [0, 0.1) is 0 Å². The van der Waals surface area contributed by atoms with Gasteiger partial charge in [0.2, 0.25) is 5.89 Å². The van der Waals surface area contributed by atoms with Crippen LogP contribution in [0.2, 0.25) is 0 Å². The van der Waals surface area contributed by atoms with E-state index in [0.717, 1.165) is 5.56 Å². The van der Waals surface area contributed by atoms with E-state index in [-0.39, 0.29) is 5.91 Å². The van der Waals surface area contributed by atoms with E-state index in [4.69, 9.17) is 13.9 Å². The molecule has 1 heterocycles. The summed E-state index contributed by atoms with van der Waals surface area (Å²) >= 11 is 0. The first-order valence-corrected chi connectivity index (χ1v) is 11.3. The first kappa shape index (κ1) is 23.7. The van der Waals surface area contributed by atoms with Crippen molar-refractivity contribution in [2.75, 3.05) is 11.9 Å². The van der Waals surface area contributed by atoms with Gasteiger partial charge in [0.1, 0.15) is 5.75 Å². The lowest BCUT2D eigenvalue weighted by Crippen LogP contribution is -2.32. The standard InChI is InChI=1S/C27H25N3O5/c1-3-22(24(31)28-20-16-14-19(15-17-20)27(32)33-4-2)34-23-13-9-8-12-21(23)26-30-29-25(35-26)18-10-6-5-7-11-18/h5-17,22H,3-4H2,1-2H3,(H,28,31)/t22-/m1/s1. The largest absolute Gasteiger partial charge is 0.480 e. The number of hydrogen-bond acceptors (Lipinski definition) is 7. The highest BCUT2D eigenvalue weighted by atomic mass is 16.5. The Morgan fingerprint density at radius 2 is 1.57 bits per heavy atom. The van der Waals surface area contributed by atoms with Crippen LogP contribution in [0.25, 0.3) is 22.9 Å². The molecule has 1 N–H and O–H groups in total. The van der Waals surface area contributed by atoms with Gasteiger partial charge >= 0.3 is 5.97 Å². The van der Waals surface area contributed by atoms with Crippen molar-refractivity contribution in [1.82, 2.24) is 10.2 Å². The summed E-state index contributed by atoms with van der Waals surface area (Å²) in [5.74, 6) is 0.418. The van der Waals surface area contributed by atoms with Crippen molar-refractivity contribution < 1.29 is 23.5 Å². The number of carbonyl (C=O) groups excluding carboxylic acids is 2. The minimum atomic E-state index is -0.766. The molecule has 4 aromatic rings. The number of esters is 1. The van der Waals surface area contributed by atoms with E-state index >= 15 is 0 Å². The maximum absolute atomic E-state index is 12.9. The summed E-state index contributed by atoms with van der Waals surface area (Å²) in [6.45, 7) is 3.90. The van der Waals surface area contributed by atoms with Crippen molar-refractivity contribution in [3.8, 4) is 28.7 Å². The fourth-order valence-corrected chi connectivity index (χ4v) is 3.38. The third kappa shape index (κ3) is 5.73. The smallest absolute Gasteiger partial charge is 0.338 e. The molecule has 8 nitrogen and oxygen atoms in total. The Bertz CT molecular complexity index is 1290. The topological polar surface area (TPSA) is 104 Å². The number of hydrogen-bond donors (Lipinski definition) is 1. The Morgan fingerprint density at radius 1 is 0.886 bits per heavy atom. The molecule has 8 heteroatoms. The first-order chi connectivity index (χ1) is 17.1. The van der Waals surface area contributed by atoms with E-state index in [0.29, 0.717) is 47.4 Å². The third-order valence-corrected chi connectivity index (χ3v) is 5.16.